The standard InChI is InChI=1S/C17H23N3O3S2/c1-3-11-25(21,22)14-8-5-4-7-13(14)24-12(2)15-19-16(20-23-15)17(18)9-6-10-17/h4-5,7-8,12H,3,6,9-11,18H2,1-2H3. The summed E-state index contributed by atoms with van der Waals surface area (Å²) in [5.74, 6) is 1.16. The van der Waals surface area contributed by atoms with Crippen LogP contribution in [0, 0.1) is 0 Å². The highest BCUT2D eigenvalue weighted by molar-refractivity contribution is 8.00. The van der Waals surface area contributed by atoms with Crippen molar-refractivity contribution in [2.24, 2.45) is 5.73 Å². The molecule has 1 aliphatic carbocycles. The molecule has 6 nitrogen and oxygen atoms in total. The number of rotatable bonds is 7. The van der Waals surface area contributed by atoms with E-state index in [1.807, 2.05) is 26.0 Å². The molecular weight excluding hydrogens is 358 g/mol. The Balaban J connectivity index is 1.81. The summed E-state index contributed by atoms with van der Waals surface area (Å²) in [4.78, 5) is 5.52. The summed E-state index contributed by atoms with van der Waals surface area (Å²) in [6.45, 7) is 3.79. The first-order chi connectivity index (χ1) is 11.9. The van der Waals surface area contributed by atoms with E-state index in [4.69, 9.17) is 10.3 Å². The third kappa shape index (κ3) is 3.75. The minimum atomic E-state index is -3.29. The quantitative estimate of drug-likeness (QED) is 0.733. The predicted molar refractivity (Wildman–Crippen MR) is 97.1 cm³/mol. The summed E-state index contributed by atoms with van der Waals surface area (Å²) in [6, 6.07) is 7.05. The number of sulfone groups is 1. The van der Waals surface area contributed by atoms with Crippen molar-refractivity contribution in [1.82, 2.24) is 10.1 Å². The zero-order valence-electron chi connectivity index (χ0n) is 14.4. The van der Waals surface area contributed by atoms with Crippen molar-refractivity contribution in [3.8, 4) is 0 Å². The summed E-state index contributed by atoms with van der Waals surface area (Å²) in [5, 5.41) is 3.87. The number of hydrogen-bond donors (Lipinski definition) is 1. The zero-order chi connectivity index (χ0) is 18.1. The fraction of sp³-hybridized carbons (Fsp3) is 0.529. The van der Waals surface area contributed by atoms with Gasteiger partial charge in [0.05, 0.1) is 21.4 Å². The molecule has 0 spiro atoms. The average Bonchev–Trinajstić information content (AvgIpc) is 3.03. The first-order valence-electron chi connectivity index (χ1n) is 8.47. The maximum atomic E-state index is 12.5. The summed E-state index contributed by atoms with van der Waals surface area (Å²) in [6.07, 6.45) is 3.40. The molecule has 0 amide bonds. The molecule has 1 heterocycles. The van der Waals surface area contributed by atoms with E-state index in [2.05, 4.69) is 10.1 Å². The molecule has 25 heavy (non-hydrogen) atoms. The Bertz CT molecular complexity index is 844. The summed E-state index contributed by atoms with van der Waals surface area (Å²) >= 11 is 1.41. The number of aromatic nitrogens is 2. The summed E-state index contributed by atoms with van der Waals surface area (Å²) in [7, 11) is -3.29. The smallest absolute Gasteiger partial charge is 0.239 e. The van der Waals surface area contributed by atoms with Crippen LogP contribution >= 0.6 is 11.8 Å². The minimum Gasteiger partial charge on any atom is -0.338 e. The van der Waals surface area contributed by atoms with Crippen LogP contribution in [0.15, 0.2) is 38.6 Å². The van der Waals surface area contributed by atoms with E-state index in [1.165, 1.54) is 11.8 Å². The maximum Gasteiger partial charge on any atom is 0.239 e. The Morgan fingerprint density at radius 3 is 2.72 bits per heavy atom. The van der Waals surface area contributed by atoms with Crippen LogP contribution in [0.4, 0.5) is 0 Å². The molecule has 0 aliphatic heterocycles. The van der Waals surface area contributed by atoms with Gasteiger partial charge in [-0.3, -0.25) is 0 Å². The number of nitrogens with two attached hydrogens (primary N) is 1. The molecule has 2 aromatic rings. The van der Waals surface area contributed by atoms with Gasteiger partial charge in [-0.25, -0.2) is 8.42 Å². The second-order valence-corrected chi connectivity index (χ2v) is 9.95. The van der Waals surface area contributed by atoms with E-state index < -0.39 is 15.4 Å². The van der Waals surface area contributed by atoms with E-state index >= 15 is 0 Å². The topological polar surface area (TPSA) is 99.1 Å². The van der Waals surface area contributed by atoms with E-state index in [1.54, 1.807) is 12.1 Å². The van der Waals surface area contributed by atoms with Gasteiger partial charge < -0.3 is 10.3 Å². The van der Waals surface area contributed by atoms with Crippen LogP contribution in [0.1, 0.15) is 56.5 Å². The normalized spacial score (nSPS) is 17.9. The molecule has 3 rings (SSSR count). The number of hydrogen-bond acceptors (Lipinski definition) is 7. The molecule has 0 bridgehead atoms. The molecule has 1 aliphatic rings. The van der Waals surface area contributed by atoms with Gasteiger partial charge in [0.1, 0.15) is 0 Å². The Kier molecular flexibility index (Phi) is 5.22. The number of benzene rings is 1. The highest BCUT2D eigenvalue weighted by Crippen LogP contribution is 2.40. The Morgan fingerprint density at radius 1 is 1.36 bits per heavy atom. The van der Waals surface area contributed by atoms with Crippen molar-refractivity contribution in [1.29, 1.82) is 0 Å². The molecule has 1 fully saturated rings. The molecule has 1 aromatic carbocycles. The van der Waals surface area contributed by atoms with Gasteiger partial charge in [-0.2, -0.15) is 4.98 Å². The van der Waals surface area contributed by atoms with Crippen LogP contribution in [-0.2, 0) is 15.4 Å². The van der Waals surface area contributed by atoms with Crippen LogP contribution in [0.3, 0.4) is 0 Å². The number of thioether (sulfide) groups is 1. The Labute approximate surface area is 152 Å². The summed E-state index contributed by atoms with van der Waals surface area (Å²) < 4.78 is 30.3. The molecule has 1 unspecified atom stereocenters. The molecule has 1 saturated carbocycles. The molecule has 2 N–H and O–H groups in total. The largest absolute Gasteiger partial charge is 0.338 e. The maximum absolute atomic E-state index is 12.5. The van der Waals surface area contributed by atoms with Gasteiger partial charge in [-0.15, -0.1) is 11.8 Å². The van der Waals surface area contributed by atoms with Crippen molar-refractivity contribution in [3.63, 3.8) is 0 Å². The fourth-order valence-corrected chi connectivity index (χ4v) is 5.67. The SMILES string of the molecule is CCCS(=O)(=O)c1ccccc1SC(C)c1nc(C2(N)CCC2)no1. The van der Waals surface area contributed by atoms with Crippen molar-refractivity contribution >= 4 is 21.6 Å². The average molecular weight is 382 g/mol. The van der Waals surface area contributed by atoms with Gasteiger partial charge >= 0.3 is 0 Å². The van der Waals surface area contributed by atoms with Crippen LogP contribution in [-0.4, -0.2) is 24.3 Å². The van der Waals surface area contributed by atoms with Crippen LogP contribution in [0.5, 0.6) is 0 Å². The second-order valence-electron chi connectivity index (χ2n) is 6.49. The number of nitrogens with zero attached hydrogens (tertiary/aromatic N) is 2. The lowest BCUT2D eigenvalue weighted by Gasteiger charge is -2.34. The van der Waals surface area contributed by atoms with Crippen LogP contribution in [0.2, 0.25) is 0 Å². The highest BCUT2D eigenvalue weighted by atomic mass is 32.2. The second kappa shape index (κ2) is 7.09. The van der Waals surface area contributed by atoms with Crippen molar-refractivity contribution in [3.05, 3.63) is 36.0 Å². The molecule has 0 saturated heterocycles. The monoisotopic (exact) mass is 381 g/mol. The predicted octanol–water partition coefficient (Wildman–Crippen LogP) is 3.44. The molecule has 1 aromatic heterocycles. The van der Waals surface area contributed by atoms with Gasteiger partial charge in [0.15, 0.2) is 15.7 Å². The first kappa shape index (κ1) is 18.4. The third-order valence-corrected chi connectivity index (χ3v) is 7.71. The minimum absolute atomic E-state index is 0.138. The highest BCUT2D eigenvalue weighted by Gasteiger charge is 2.39. The van der Waals surface area contributed by atoms with Gasteiger partial charge in [0, 0.05) is 4.90 Å². The molecular formula is C17H23N3O3S2. The van der Waals surface area contributed by atoms with E-state index in [9.17, 15) is 8.42 Å². The molecule has 1 atom stereocenters. The lowest BCUT2D eigenvalue weighted by Crippen LogP contribution is -2.44. The van der Waals surface area contributed by atoms with Crippen molar-refractivity contribution < 1.29 is 12.9 Å². The van der Waals surface area contributed by atoms with Gasteiger partial charge in [0.2, 0.25) is 5.89 Å². The van der Waals surface area contributed by atoms with Gasteiger partial charge in [-0.05, 0) is 44.7 Å². The molecule has 136 valence electrons. The van der Waals surface area contributed by atoms with Crippen LogP contribution in [0.25, 0.3) is 0 Å². The van der Waals surface area contributed by atoms with E-state index in [-0.39, 0.29) is 11.0 Å². The van der Waals surface area contributed by atoms with E-state index in [0.717, 1.165) is 19.3 Å². The molecule has 8 heteroatoms. The Morgan fingerprint density at radius 2 is 2.08 bits per heavy atom. The zero-order valence-corrected chi connectivity index (χ0v) is 16.1. The first-order valence-corrected chi connectivity index (χ1v) is 11.0. The van der Waals surface area contributed by atoms with Gasteiger partial charge in [-0.1, -0.05) is 24.2 Å². The van der Waals surface area contributed by atoms with Crippen LogP contribution < -0.4 is 5.73 Å². The lowest BCUT2D eigenvalue weighted by atomic mass is 9.77. The Hall–Kier alpha value is -1.38. The lowest BCUT2D eigenvalue weighted by molar-refractivity contribution is 0.229. The fourth-order valence-electron chi connectivity index (χ4n) is 2.81. The summed E-state index contributed by atoms with van der Waals surface area (Å²) in [5.41, 5.74) is 5.77. The van der Waals surface area contributed by atoms with Gasteiger partial charge in [0.25, 0.3) is 0 Å². The van der Waals surface area contributed by atoms with Crippen molar-refractivity contribution in [2.75, 3.05) is 5.75 Å². The van der Waals surface area contributed by atoms with Crippen molar-refractivity contribution in [2.45, 2.75) is 60.1 Å². The van der Waals surface area contributed by atoms with E-state index in [0.29, 0.717) is 27.9 Å². The third-order valence-electron chi connectivity index (χ3n) is 4.44. The molecule has 0 radical (unpaired) electrons.